The molecule has 3 aromatic rings. The van der Waals surface area contributed by atoms with Crippen molar-refractivity contribution in [3.05, 3.63) is 108 Å². The van der Waals surface area contributed by atoms with Gasteiger partial charge in [0.05, 0.1) is 20.3 Å². The third-order valence-corrected chi connectivity index (χ3v) is 10.3. The summed E-state index contributed by atoms with van der Waals surface area (Å²) in [5, 5.41) is 10.4. The fourth-order valence-electron chi connectivity index (χ4n) is 7.68. The number of hydrogen-bond donors (Lipinski definition) is 1. The van der Waals surface area contributed by atoms with Crippen molar-refractivity contribution in [2.24, 2.45) is 5.41 Å². The Bertz CT molecular complexity index is 1830. The topological polar surface area (TPSA) is 118 Å². The van der Waals surface area contributed by atoms with Crippen molar-refractivity contribution in [2.75, 3.05) is 46.4 Å². The van der Waals surface area contributed by atoms with Gasteiger partial charge < -0.3 is 14.8 Å². The van der Waals surface area contributed by atoms with E-state index in [1.165, 1.54) is 40.7 Å². The number of allylic oxidation sites excluding steroid dienone is 2. The lowest BCUT2D eigenvalue weighted by atomic mass is 9.88. The summed E-state index contributed by atoms with van der Waals surface area (Å²) < 4.78 is 45.5. The van der Waals surface area contributed by atoms with E-state index in [0.717, 1.165) is 12.1 Å². The van der Waals surface area contributed by atoms with Crippen molar-refractivity contribution in [1.29, 1.82) is 0 Å². The minimum Gasteiger partial charge on any atom is -0.345 e. The summed E-state index contributed by atoms with van der Waals surface area (Å²) in [6.45, 7) is 7.36. The van der Waals surface area contributed by atoms with Crippen LogP contribution in [0.4, 0.5) is 13.6 Å². The molecule has 3 fully saturated rings. The highest BCUT2D eigenvalue weighted by molar-refractivity contribution is 5.90. The van der Waals surface area contributed by atoms with Gasteiger partial charge in [0.1, 0.15) is 42.1 Å². The van der Waals surface area contributed by atoms with E-state index in [4.69, 9.17) is 14.3 Å². The Kier molecular flexibility index (Phi) is 9.61. The number of benzene rings is 2. The average molecular weight is 719 g/mol. The maximum absolute atomic E-state index is 15.9. The SMILES string of the molecule is CON1N(CC(=O)C(C)(C)C)C(=O)N(C2(N3CCNCC3)C=CC=CC2)C1(c1ccccc1)C1OCC(Cn2cncn2)(c2ccc(F)cc2F)O1. The minimum absolute atomic E-state index is 0.0343. The van der Waals surface area contributed by atoms with Crippen LogP contribution in [0.25, 0.3) is 0 Å². The molecule has 3 aliphatic heterocycles. The Balaban J connectivity index is 1.47. The second-order valence-electron chi connectivity index (χ2n) is 14.5. The molecule has 276 valence electrons. The molecule has 0 saturated carbocycles. The van der Waals surface area contributed by atoms with Gasteiger partial charge in [-0.3, -0.25) is 19.4 Å². The zero-order valence-electron chi connectivity index (χ0n) is 29.7. The maximum atomic E-state index is 15.9. The smallest absolute Gasteiger partial charge is 0.340 e. The molecule has 4 atom stereocenters. The molecular formula is C37H44F2N8O5. The summed E-state index contributed by atoms with van der Waals surface area (Å²) in [6.07, 6.45) is 9.68. The first kappa shape index (κ1) is 36.0. The number of nitrogens with zero attached hydrogens (tertiary/aromatic N) is 7. The molecular weight excluding hydrogens is 674 g/mol. The number of amides is 2. The molecule has 0 bridgehead atoms. The van der Waals surface area contributed by atoms with Crippen molar-refractivity contribution in [3.63, 3.8) is 0 Å². The molecule has 15 heteroatoms. The predicted molar refractivity (Wildman–Crippen MR) is 184 cm³/mol. The Morgan fingerprint density at radius 2 is 1.87 bits per heavy atom. The number of ketones is 1. The molecule has 1 aromatic heterocycles. The standard InChI is InChI=1S/C37H44F2N8O5/c1-34(2,3)31(48)22-45-33(49)46(36(15-9-6-10-16-36)43-19-17-40-18-20-43)37(47(45)50-4,27-11-7-5-8-12-27)32-51-24-35(52-32,23-44-26-41-25-42-44)29-14-13-28(38)21-30(29)39/h5-15,21,25-26,32,40H,16-20,22-24H2,1-4H3. The number of piperazine rings is 1. The molecule has 52 heavy (non-hydrogen) atoms. The van der Waals surface area contributed by atoms with E-state index in [-0.39, 0.29) is 31.0 Å². The van der Waals surface area contributed by atoms with Gasteiger partial charge in [-0.1, -0.05) is 80.6 Å². The number of hydrogen-bond acceptors (Lipinski definition) is 10. The number of aromatic nitrogens is 3. The van der Waals surface area contributed by atoms with E-state index in [1.54, 1.807) is 25.7 Å². The molecule has 4 aliphatic rings. The van der Waals surface area contributed by atoms with Gasteiger partial charge in [0, 0.05) is 55.2 Å². The summed E-state index contributed by atoms with van der Waals surface area (Å²) in [5.74, 6) is -1.79. The van der Waals surface area contributed by atoms with Crippen molar-refractivity contribution in [2.45, 2.75) is 57.0 Å². The zero-order chi connectivity index (χ0) is 36.7. The number of urea groups is 1. The Labute approximate surface area is 301 Å². The molecule has 7 rings (SSSR count). The van der Waals surface area contributed by atoms with E-state index in [0.29, 0.717) is 38.2 Å². The maximum Gasteiger partial charge on any atom is 0.340 e. The number of carbonyl (C=O) groups is 2. The Morgan fingerprint density at radius 3 is 2.50 bits per heavy atom. The Hall–Kier alpha value is -4.38. The summed E-state index contributed by atoms with van der Waals surface area (Å²) in [4.78, 5) is 43.5. The number of hydroxylamine groups is 1. The molecule has 4 heterocycles. The predicted octanol–water partition coefficient (Wildman–Crippen LogP) is 3.93. The molecule has 0 radical (unpaired) electrons. The van der Waals surface area contributed by atoms with E-state index < -0.39 is 46.3 Å². The van der Waals surface area contributed by atoms with E-state index in [9.17, 15) is 9.18 Å². The van der Waals surface area contributed by atoms with Gasteiger partial charge in [0.15, 0.2) is 5.78 Å². The molecule has 1 N–H and O–H groups in total. The van der Waals surface area contributed by atoms with Crippen molar-refractivity contribution in [3.8, 4) is 0 Å². The van der Waals surface area contributed by atoms with Gasteiger partial charge in [-0.05, 0) is 12.1 Å². The lowest BCUT2D eigenvalue weighted by Crippen LogP contribution is -2.72. The number of ether oxygens (including phenoxy) is 2. The summed E-state index contributed by atoms with van der Waals surface area (Å²) in [5.41, 5.74) is -4.65. The monoisotopic (exact) mass is 718 g/mol. The summed E-state index contributed by atoms with van der Waals surface area (Å²) in [6, 6.07) is 12.0. The largest absolute Gasteiger partial charge is 0.345 e. The lowest BCUT2D eigenvalue weighted by Gasteiger charge is -2.55. The molecule has 1 aliphatic carbocycles. The third-order valence-electron chi connectivity index (χ3n) is 10.3. The lowest BCUT2D eigenvalue weighted by molar-refractivity contribution is -0.360. The first-order valence-electron chi connectivity index (χ1n) is 17.4. The van der Waals surface area contributed by atoms with Crippen molar-refractivity contribution < 1.29 is 32.7 Å². The number of rotatable bonds is 10. The van der Waals surface area contributed by atoms with Gasteiger partial charge >= 0.3 is 6.03 Å². The van der Waals surface area contributed by atoms with E-state index in [2.05, 4.69) is 20.3 Å². The fraction of sp³-hybridized carbons (Fsp3) is 0.459. The number of nitrogens with one attached hydrogen (secondary N) is 1. The van der Waals surface area contributed by atoms with Crippen LogP contribution in [-0.2, 0) is 36.9 Å². The second-order valence-corrected chi connectivity index (χ2v) is 14.5. The number of carbonyl (C=O) groups excluding carboxylic acids is 2. The van der Waals surface area contributed by atoms with Crippen LogP contribution in [-0.4, -0.2) is 105 Å². The van der Waals surface area contributed by atoms with E-state index in [1.807, 2.05) is 54.6 Å². The van der Waals surface area contributed by atoms with Crippen LogP contribution in [0.3, 0.4) is 0 Å². The van der Waals surface area contributed by atoms with Crippen LogP contribution in [0, 0.1) is 17.0 Å². The van der Waals surface area contributed by atoms with Gasteiger partial charge in [-0.2, -0.15) is 5.10 Å². The highest BCUT2D eigenvalue weighted by atomic mass is 19.1. The van der Waals surface area contributed by atoms with Gasteiger partial charge in [-0.15, -0.1) is 0 Å². The highest BCUT2D eigenvalue weighted by Crippen LogP contribution is 2.54. The molecule has 13 nitrogen and oxygen atoms in total. The van der Waals surface area contributed by atoms with Crippen molar-refractivity contribution in [1.82, 2.24) is 40.1 Å². The summed E-state index contributed by atoms with van der Waals surface area (Å²) >= 11 is 0. The molecule has 3 saturated heterocycles. The van der Waals surface area contributed by atoms with Crippen LogP contribution in [0.1, 0.15) is 38.3 Å². The van der Waals surface area contributed by atoms with Crippen LogP contribution < -0.4 is 5.32 Å². The summed E-state index contributed by atoms with van der Waals surface area (Å²) in [7, 11) is 1.42. The number of Topliss-reactive ketones (excluding diaryl/α,β-unsaturated/α-hetero) is 1. The van der Waals surface area contributed by atoms with Crippen LogP contribution in [0.2, 0.25) is 0 Å². The normalized spacial score (nSPS) is 28.7. The first-order valence-corrected chi connectivity index (χ1v) is 17.4. The van der Waals surface area contributed by atoms with Crippen LogP contribution >= 0.6 is 0 Å². The molecule has 2 amide bonds. The molecule has 2 aromatic carbocycles. The van der Waals surface area contributed by atoms with Crippen molar-refractivity contribution >= 4 is 11.8 Å². The second kappa shape index (κ2) is 13.9. The van der Waals surface area contributed by atoms with Gasteiger partial charge in [-0.25, -0.2) is 28.3 Å². The molecule has 4 unspecified atom stereocenters. The van der Waals surface area contributed by atoms with Crippen LogP contribution in [0.5, 0.6) is 0 Å². The average Bonchev–Trinajstić information content (AvgIpc) is 3.87. The minimum atomic E-state index is -1.76. The number of hydrazine groups is 1. The van der Waals surface area contributed by atoms with Gasteiger partial charge in [0.25, 0.3) is 0 Å². The first-order chi connectivity index (χ1) is 25.0. The zero-order valence-corrected chi connectivity index (χ0v) is 29.7. The van der Waals surface area contributed by atoms with Crippen LogP contribution in [0.15, 0.2) is 85.5 Å². The van der Waals surface area contributed by atoms with E-state index >= 15 is 9.18 Å². The Morgan fingerprint density at radius 1 is 1.10 bits per heavy atom. The molecule has 0 spiro atoms. The fourth-order valence-corrected chi connectivity index (χ4v) is 7.68. The number of halogens is 2. The third kappa shape index (κ3) is 5.94. The quantitative estimate of drug-likeness (QED) is 0.331. The highest BCUT2D eigenvalue weighted by Gasteiger charge is 2.71. The van der Waals surface area contributed by atoms with Gasteiger partial charge in [0.2, 0.25) is 12.0 Å².